The summed E-state index contributed by atoms with van der Waals surface area (Å²) in [5, 5.41) is 2.78. The minimum atomic E-state index is -2.93. The largest absolute Gasteiger partial charge is 0.471 e. The number of nitrogens with one attached hydrogen (secondary N) is 1. The molecule has 0 saturated heterocycles. The van der Waals surface area contributed by atoms with Gasteiger partial charge in [-0.15, -0.1) is 0 Å². The predicted octanol–water partition coefficient (Wildman–Crippen LogP) is 3.27. The van der Waals surface area contributed by atoms with Gasteiger partial charge in [0.15, 0.2) is 6.61 Å². The summed E-state index contributed by atoms with van der Waals surface area (Å²) in [6.45, 7) is 2.02. The Morgan fingerprint density at radius 2 is 2.03 bits per heavy atom. The Balaban J connectivity index is 1.56. The topological polar surface area (TPSA) is 81.2 Å². The van der Waals surface area contributed by atoms with Crippen molar-refractivity contribution < 1.29 is 23.1 Å². The highest BCUT2D eigenvalue weighted by Crippen LogP contribution is 2.30. The van der Waals surface area contributed by atoms with E-state index in [-0.39, 0.29) is 36.5 Å². The van der Waals surface area contributed by atoms with E-state index in [1.54, 1.807) is 25.1 Å². The maximum absolute atomic E-state index is 12.8. The Morgan fingerprint density at radius 1 is 1.28 bits per heavy atom. The zero-order valence-electron chi connectivity index (χ0n) is 16.4. The molecular formula is C21H23F2N3O3. The number of alkyl halides is 2. The molecule has 29 heavy (non-hydrogen) atoms. The van der Waals surface area contributed by atoms with Crippen molar-refractivity contribution in [2.24, 2.45) is 5.92 Å². The lowest BCUT2D eigenvalue weighted by molar-refractivity contribution is -0.119. The molecule has 0 bridgehead atoms. The number of hydrogen-bond donors (Lipinski definition) is 1. The van der Waals surface area contributed by atoms with Crippen molar-refractivity contribution >= 4 is 11.7 Å². The Morgan fingerprint density at radius 3 is 2.66 bits per heavy atom. The normalized spacial score (nSPS) is 13.8. The van der Waals surface area contributed by atoms with Gasteiger partial charge in [0, 0.05) is 55.0 Å². The number of amides is 1. The van der Waals surface area contributed by atoms with Crippen molar-refractivity contribution in [2.45, 2.75) is 45.6 Å². The molecule has 2 aromatic heterocycles. The number of ether oxygens (including phenoxy) is 1. The van der Waals surface area contributed by atoms with Gasteiger partial charge in [0.2, 0.25) is 5.88 Å². The fourth-order valence-electron chi connectivity index (χ4n) is 2.77. The highest BCUT2D eigenvalue weighted by atomic mass is 19.3. The van der Waals surface area contributed by atoms with Crippen molar-refractivity contribution in [2.75, 3.05) is 6.61 Å². The van der Waals surface area contributed by atoms with Gasteiger partial charge in [0.05, 0.1) is 0 Å². The van der Waals surface area contributed by atoms with Gasteiger partial charge in [0.1, 0.15) is 5.78 Å². The van der Waals surface area contributed by atoms with Crippen LogP contribution in [0.4, 0.5) is 8.78 Å². The number of carbonyl (C=O) groups is 2. The third kappa shape index (κ3) is 6.58. The zero-order chi connectivity index (χ0) is 21.0. The van der Waals surface area contributed by atoms with Gasteiger partial charge < -0.3 is 10.1 Å². The molecule has 2 heterocycles. The molecule has 6 nitrogen and oxygen atoms in total. The number of hydrogen-bond acceptors (Lipinski definition) is 5. The molecule has 8 heteroatoms. The molecule has 154 valence electrons. The minimum Gasteiger partial charge on any atom is -0.471 e. The molecule has 0 aliphatic heterocycles. The molecule has 0 spiro atoms. The van der Waals surface area contributed by atoms with Crippen LogP contribution in [0.2, 0.25) is 0 Å². The molecule has 0 atom stereocenters. The molecule has 0 unspecified atom stereocenters. The van der Waals surface area contributed by atoms with E-state index in [1.807, 2.05) is 0 Å². The highest BCUT2D eigenvalue weighted by Gasteiger charge is 2.29. The van der Waals surface area contributed by atoms with Gasteiger partial charge in [-0.1, -0.05) is 6.07 Å². The summed E-state index contributed by atoms with van der Waals surface area (Å²) >= 11 is 0. The van der Waals surface area contributed by atoms with Crippen molar-refractivity contribution in [3.8, 4) is 5.88 Å². The molecular weight excluding hydrogens is 380 g/mol. The molecule has 1 N–H and O–H groups in total. The first-order valence-corrected chi connectivity index (χ1v) is 9.44. The number of rotatable bonds is 9. The number of pyridine rings is 2. The van der Waals surface area contributed by atoms with Gasteiger partial charge in [-0.2, -0.15) is 0 Å². The SMILES string of the molecule is Cc1cc(C(=O)NCc2ccc(OCC(C)(F)F)nc2)cc(CC(=O)C2CC2)n1. The van der Waals surface area contributed by atoms with Gasteiger partial charge in [-0.3, -0.25) is 14.6 Å². The maximum atomic E-state index is 12.8. The van der Waals surface area contributed by atoms with Crippen molar-refractivity contribution in [1.82, 2.24) is 15.3 Å². The molecule has 1 fully saturated rings. The molecule has 3 rings (SSSR count). The lowest BCUT2D eigenvalue weighted by Crippen LogP contribution is -2.24. The highest BCUT2D eigenvalue weighted by molar-refractivity contribution is 5.94. The lowest BCUT2D eigenvalue weighted by Gasteiger charge is -2.11. The Hall–Kier alpha value is -2.90. The first-order chi connectivity index (χ1) is 13.7. The lowest BCUT2D eigenvalue weighted by atomic mass is 10.1. The number of nitrogens with zero attached hydrogens (tertiary/aromatic N) is 2. The second kappa shape index (κ2) is 8.63. The summed E-state index contributed by atoms with van der Waals surface area (Å²) in [6.07, 6.45) is 3.59. The summed E-state index contributed by atoms with van der Waals surface area (Å²) in [7, 11) is 0. The second-order valence-electron chi connectivity index (χ2n) is 7.45. The molecule has 1 aliphatic rings. The van der Waals surface area contributed by atoms with Crippen LogP contribution in [0.3, 0.4) is 0 Å². The van der Waals surface area contributed by atoms with Crippen LogP contribution >= 0.6 is 0 Å². The first kappa shape index (κ1) is 20.8. The number of carbonyl (C=O) groups excluding carboxylic acids is 2. The predicted molar refractivity (Wildman–Crippen MR) is 102 cm³/mol. The molecule has 0 radical (unpaired) electrons. The van der Waals surface area contributed by atoms with Gasteiger partial charge in [-0.25, -0.2) is 13.8 Å². The number of halogens is 2. The monoisotopic (exact) mass is 403 g/mol. The Kier molecular flexibility index (Phi) is 6.20. The molecule has 2 aromatic rings. The molecule has 1 amide bonds. The summed E-state index contributed by atoms with van der Waals surface area (Å²) in [5.41, 5.74) is 2.41. The molecule has 1 aliphatic carbocycles. The van der Waals surface area contributed by atoms with Gasteiger partial charge >= 0.3 is 0 Å². The Bertz CT molecular complexity index is 891. The van der Waals surface area contributed by atoms with Crippen LogP contribution in [0.15, 0.2) is 30.5 Å². The van der Waals surface area contributed by atoms with E-state index in [4.69, 9.17) is 4.74 Å². The quantitative estimate of drug-likeness (QED) is 0.695. The van der Waals surface area contributed by atoms with E-state index < -0.39 is 12.5 Å². The van der Waals surface area contributed by atoms with Crippen LogP contribution < -0.4 is 10.1 Å². The van der Waals surface area contributed by atoms with E-state index in [9.17, 15) is 18.4 Å². The summed E-state index contributed by atoms with van der Waals surface area (Å²) in [5.74, 6) is -2.81. The van der Waals surface area contributed by atoms with Gasteiger partial charge in [-0.05, 0) is 37.5 Å². The fourth-order valence-corrected chi connectivity index (χ4v) is 2.77. The minimum absolute atomic E-state index is 0.0938. The van der Waals surface area contributed by atoms with Crippen LogP contribution in [0.5, 0.6) is 5.88 Å². The third-order valence-corrected chi connectivity index (χ3v) is 4.38. The van der Waals surface area contributed by atoms with E-state index in [2.05, 4.69) is 15.3 Å². The maximum Gasteiger partial charge on any atom is 0.278 e. The molecule has 1 saturated carbocycles. The van der Waals surface area contributed by atoms with Crippen LogP contribution in [-0.2, 0) is 17.8 Å². The first-order valence-electron chi connectivity index (χ1n) is 9.44. The standard InChI is InChI=1S/C21H23F2N3O3/c1-13-7-16(8-17(26-13)9-18(27)15-4-5-15)20(28)25-11-14-3-6-19(24-10-14)29-12-21(2,22)23/h3,6-8,10,15H,4-5,9,11-12H2,1-2H3,(H,25,28). The smallest absolute Gasteiger partial charge is 0.278 e. The molecule has 0 aromatic carbocycles. The van der Waals surface area contributed by atoms with E-state index in [0.29, 0.717) is 22.5 Å². The number of aromatic nitrogens is 2. The van der Waals surface area contributed by atoms with Crippen molar-refractivity contribution in [3.63, 3.8) is 0 Å². The number of aryl methyl sites for hydroxylation is 1. The average Bonchev–Trinajstić information content (AvgIpc) is 3.49. The van der Waals surface area contributed by atoms with Crippen molar-refractivity contribution in [3.05, 3.63) is 53.0 Å². The number of ketones is 1. The zero-order valence-corrected chi connectivity index (χ0v) is 16.4. The van der Waals surface area contributed by atoms with Gasteiger partial charge in [0.25, 0.3) is 11.8 Å². The third-order valence-electron chi connectivity index (χ3n) is 4.38. The average molecular weight is 403 g/mol. The second-order valence-corrected chi connectivity index (χ2v) is 7.45. The van der Waals surface area contributed by atoms with E-state index in [0.717, 1.165) is 19.8 Å². The van der Waals surface area contributed by atoms with Crippen LogP contribution in [0.25, 0.3) is 0 Å². The summed E-state index contributed by atoms with van der Waals surface area (Å²) in [4.78, 5) is 32.8. The van der Waals surface area contributed by atoms with Crippen LogP contribution in [0, 0.1) is 12.8 Å². The summed E-state index contributed by atoms with van der Waals surface area (Å²) < 4.78 is 30.5. The summed E-state index contributed by atoms with van der Waals surface area (Å²) in [6, 6.07) is 6.43. The number of Topliss-reactive ketones (excluding diaryl/α,β-unsaturated/α-hetero) is 1. The van der Waals surface area contributed by atoms with E-state index in [1.165, 1.54) is 12.3 Å². The van der Waals surface area contributed by atoms with Crippen LogP contribution in [0.1, 0.15) is 47.1 Å². The van der Waals surface area contributed by atoms with Crippen LogP contribution in [-0.4, -0.2) is 34.2 Å². The fraction of sp³-hybridized carbons (Fsp3) is 0.429. The van der Waals surface area contributed by atoms with Crippen molar-refractivity contribution in [1.29, 1.82) is 0 Å². The van der Waals surface area contributed by atoms with E-state index >= 15 is 0 Å². The Labute approximate surface area is 167 Å².